The molecule has 0 aliphatic carbocycles. The number of anilines is 2. The summed E-state index contributed by atoms with van der Waals surface area (Å²) in [6.45, 7) is 2.05. The molecule has 0 fully saturated rings. The summed E-state index contributed by atoms with van der Waals surface area (Å²) in [6, 6.07) is 3.08. The first-order chi connectivity index (χ1) is 6.56. The van der Waals surface area contributed by atoms with Gasteiger partial charge in [-0.25, -0.2) is 4.79 Å². The van der Waals surface area contributed by atoms with Crippen molar-refractivity contribution in [1.29, 1.82) is 0 Å². The Labute approximate surface area is 90.3 Å². The molecule has 0 atom stereocenters. The number of hydrogen-bond donors (Lipinski definition) is 2. The van der Waals surface area contributed by atoms with Crippen molar-refractivity contribution in [3.8, 4) is 0 Å². The lowest BCUT2D eigenvalue weighted by Gasteiger charge is -2.07. The fraction of sp³-hybridized carbons (Fsp3) is 0.222. The Morgan fingerprint density at radius 1 is 1.43 bits per heavy atom. The zero-order valence-electron chi connectivity index (χ0n) is 7.71. The van der Waals surface area contributed by atoms with Crippen molar-refractivity contribution in [1.82, 2.24) is 0 Å². The highest BCUT2D eigenvalue weighted by molar-refractivity contribution is 9.10. The Kier molecular flexibility index (Phi) is 3.35. The van der Waals surface area contributed by atoms with Gasteiger partial charge in [-0.1, -0.05) is 0 Å². The fourth-order valence-corrected chi connectivity index (χ4v) is 1.35. The predicted octanol–water partition coefficient (Wildman–Crippen LogP) is 1.79. The van der Waals surface area contributed by atoms with Crippen LogP contribution in [0.4, 0.5) is 11.4 Å². The van der Waals surface area contributed by atoms with Crippen molar-refractivity contribution >= 4 is 33.3 Å². The summed E-state index contributed by atoms with van der Waals surface area (Å²) in [5, 5.41) is 0. The van der Waals surface area contributed by atoms with Gasteiger partial charge in [0.05, 0.1) is 12.2 Å². The van der Waals surface area contributed by atoms with Gasteiger partial charge in [0.2, 0.25) is 0 Å². The minimum atomic E-state index is -0.454. The molecule has 1 aromatic rings. The minimum absolute atomic E-state index is 0.299. The Balaban J connectivity index is 3.09. The van der Waals surface area contributed by atoms with Crippen LogP contribution in [0.2, 0.25) is 0 Å². The smallest absolute Gasteiger partial charge is 0.340 e. The summed E-state index contributed by atoms with van der Waals surface area (Å²) in [4.78, 5) is 11.4. The van der Waals surface area contributed by atoms with Crippen molar-refractivity contribution in [2.24, 2.45) is 0 Å². The second kappa shape index (κ2) is 4.32. The van der Waals surface area contributed by atoms with E-state index in [2.05, 4.69) is 15.9 Å². The lowest BCUT2D eigenvalue weighted by Crippen LogP contribution is -2.08. The van der Waals surface area contributed by atoms with Crippen LogP contribution >= 0.6 is 15.9 Å². The zero-order valence-corrected chi connectivity index (χ0v) is 9.30. The first kappa shape index (κ1) is 10.8. The van der Waals surface area contributed by atoms with E-state index in [-0.39, 0.29) is 0 Å². The summed E-state index contributed by atoms with van der Waals surface area (Å²) >= 11 is 3.21. The zero-order chi connectivity index (χ0) is 10.7. The second-order valence-corrected chi connectivity index (χ2v) is 3.54. The first-order valence-electron chi connectivity index (χ1n) is 4.08. The maximum absolute atomic E-state index is 11.4. The van der Waals surface area contributed by atoms with Crippen LogP contribution in [-0.4, -0.2) is 12.6 Å². The number of hydrogen-bond acceptors (Lipinski definition) is 4. The molecule has 1 aromatic carbocycles. The van der Waals surface area contributed by atoms with E-state index in [9.17, 15) is 4.79 Å². The molecule has 1 rings (SSSR count). The molecule has 76 valence electrons. The van der Waals surface area contributed by atoms with E-state index in [1.807, 2.05) is 0 Å². The van der Waals surface area contributed by atoms with Crippen LogP contribution in [0.5, 0.6) is 0 Å². The Morgan fingerprint density at radius 3 is 2.64 bits per heavy atom. The third-order valence-corrected chi connectivity index (χ3v) is 2.35. The monoisotopic (exact) mass is 258 g/mol. The number of ether oxygens (including phenoxy) is 1. The SMILES string of the molecule is CCOC(=O)c1cc(N)c(Br)cc1N. The molecule has 0 bridgehead atoms. The largest absolute Gasteiger partial charge is 0.462 e. The van der Waals surface area contributed by atoms with Crippen LogP contribution in [0.25, 0.3) is 0 Å². The van der Waals surface area contributed by atoms with Gasteiger partial charge in [0, 0.05) is 15.8 Å². The Bertz CT molecular complexity index is 366. The van der Waals surface area contributed by atoms with Crippen LogP contribution in [0.15, 0.2) is 16.6 Å². The average molecular weight is 259 g/mol. The van der Waals surface area contributed by atoms with Crippen molar-refractivity contribution < 1.29 is 9.53 Å². The fourth-order valence-electron chi connectivity index (χ4n) is 0.991. The van der Waals surface area contributed by atoms with E-state index in [1.165, 1.54) is 6.07 Å². The topological polar surface area (TPSA) is 78.3 Å². The first-order valence-corrected chi connectivity index (χ1v) is 4.87. The van der Waals surface area contributed by atoms with Crippen LogP contribution in [0.1, 0.15) is 17.3 Å². The maximum Gasteiger partial charge on any atom is 0.340 e. The van der Waals surface area contributed by atoms with Crippen LogP contribution in [0.3, 0.4) is 0 Å². The summed E-state index contributed by atoms with van der Waals surface area (Å²) in [7, 11) is 0. The number of esters is 1. The second-order valence-electron chi connectivity index (χ2n) is 2.68. The molecule has 0 aromatic heterocycles. The number of halogens is 1. The van der Waals surface area contributed by atoms with Crippen LogP contribution in [0, 0.1) is 0 Å². The summed E-state index contributed by atoms with van der Waals surface area (Å²) in [5.74, 6) is -0.454. The molecule has 0 heterocycles. The molecule has 5 heteroatoms. The Hall–Kier alpha value is -1.23. The highest BCUT2D eigenvalue weighted by atomic mass is 79.9. The highest BCUT2D eigenvalue weighted by Gasteiger charge is 2.12. The van der Waals surface area contributed by atoms with Gasteiger partial charge >= 0.3 is 5.97 Å². The molecule has 0 aliphatic rings. The van der Waals surface area contributed by atoms with Crippen LogP contribution in [-0.2, 0) is 4.74 Å². The van der Waals surface area contributed by atoms with Crippen molar-refractivity contribution in [3.63, 3.8) is 0 Å². The number of carbonyl (C=O) groups excluding carboxylic acids is 1. The van der Waals surface area contributed by atoms with Crippen molar-refractivity contribution in [2.75, 3.05) is 18.1 Å². The van der Waals surface area contributed by atoms with E-state index in [0.717, 1.165) is 0 Å². The number of nitrogens with two attached hydrogens (primary N) is 2. The minimum Gasteiger partial charge on any atom is -0.462 e. The van der Waals surface area contributed by atoms with Crippen molar-refractivity contribution in [2.45, 2.75) is 6.92 Å². The predicted molar refractivity (Wildman–Crippen MR) is 58.9 cm³/mol. The number of carbonyl (C=O) groups is 1. The summed E-state index contributed by atoms with van der Waals surface area (Å²) in [5.41, 5.74) is 12.4. The lowest BCUT2D eigenvalue weighted by molar-refractivity contribution is 0.0527. The molecular formula is C9H11BrN2O2. The standard InChI is InChI=1S/C9H11BrN2O2/c1-2-14-9(13)5-3-8(12)6(10)4-7(5)11/h3-4H,2,11-12H2,1H3. The van der Waals surface area contributed by atoms with Gasteiger partial charge < -0.3 is 16.2 Å². The molecule has 0 saturated carbocycles. The van der Waals surface area contributed by atoms with Crippen molar-refractivity contribution in [3.05, 3.63) is 22.2 Å². The van der Waals surface area contributed by atoms with E-state index in [4.69, 9.17) is 16.2 Å². The van der Waals surface area contributed by atoms with Gasteiger partial charge in [-0.2, -0.15) is 0 Å². The number of benzene rings is 1. The molecule has 0 aliphatic heterocycles. The summed E-state index contributed by atoms with van der Waals surface area (Å²) < 4.78 is 5.48. The third-order valence-electron chi connectivity index (χ3n) is 1.66. The van der Waals surface area contributed by atoms with E-state index < -0.39 is 5.97 Å². The molecular weight excluding hydrogens is 248 g/mol. The highest BCUT2D eigenvalue weighted by Crippen LogP contribution is 2.26. The summed E-state index contributed by atoms with van der Waals surface area (Å²) in [6.07, 6.45) is 0. The molecule has 0 amide bonds. The molecule has 0 radical (unpaired) electrons. The maximum atomic E-state index is 11.4. The number of rotatable bonds is 2. The molecule has 0 saturated heterocycles. The van der Waals surface area contributed by atoms with E-state index >= 15 is 0 Å². The van der Waals surface area contributed by atoms with Gasteiger partial charge in [-0.3, -0.25) is 0 Å². The number of nitrogen functional groups attached to an aromatic ring is 2. The molecule has 4 N–H and O–H groups in total. The molecule has 0 spiro atoms. The van der Waals surface area contributed by atoms with Gasteiger partial charge in [0.15, 0.2) is 0 Å². The lowest BCUT2D eigenvalue weighted by atomic mass is 10.1. The molecule has 0 unspecified atom stereocenters. The van der Waals surface area contributed by atoms with Gasteiger partial charge in [0.25, 0.3) is 0 Å². The van der Waals surface area contributed by atoms with E-state index in [1.54, 1.807) is 13.0 Å². The molecule has 14 heavy (non-hydrogen) atoms. The Morgan fingerprint density at radius 2 is 2.07 bits per heavy atom. The average Bonchev–Trinajstić information content (AvgIpc) is 2.11. The quantitative estimate of drug-likeness (QED) is 0.627. The van der Waals surface area contributed by atoms with E-state index in [0.29, 0.717) is 28.0 Å². The van der Waals surface area contributed by atoms with Gasteiger partial charge in [-0.05, 0) is 35.0 Å². The van der Waals surface area contributed by atoms with Gasteiger partial charge in [-0.15, -0.1) is 0 Å². The molecule has 4 nitrogen and oxygen atoms in total. The third kappa shape index (κ3) is 2.17. The normalized spacial score (nSPS) is 9.86. The van der Waals surface area contributed by atoms with Gasteiger partial charge in [0.1, 0.15) is 0 Å². The van der Waals surface area contributed by atoms with Crippen LogP contribution < -0.4 is 11.5 Å².